The number of quaternary nitrogens is 1. The molecule has 1 aliphatic rings. The number of rotatable bonds is 2. The van der Waals surface area contributed by atoms with Gasteiger partial charge in [0, 0.05) is 10.9 Å². The van der Waals surface area contributed by atoms with Gasteiger partial charge in [-0.15, -0.1) is 0 Å². The Kier molecular flexibility index (Phi) is 2.94. The van der Waals surface area contributed by atoms with Gasteiger partial charge < -0.3 is 19.5 Å². The molecule has 0 spiro atoms. The summed E-state index contributed by atoms with van der Waals surface area (Å²) in [6.07, 6.45) is 2.47. The minimum atomic E-state index is -0.398. The van der Waals surface area contributed by atoms with Crippen LogP contribution in [0.15, 0.2) is 15.3 Å². The lowest BCUT2D eigenvalue weighted by molar-refractivity contribution is -0.872. The molecule has 0 fully saturated rings. The van der Waals surface area contributed by atoms with Gasteiger partial charge in [0.25, 0.3) is 0 Å². The number of aromatic hydroxyl groups is 2. The molecule has 1 aromatic heterocycles. The molecule has 0 atom stereocenters. The first-order valence-corrected chi connectivity index (χ1v) is 6.80. The zero-order valence-electron chi connectivity index (χ0n) is 11.6. The molecular formula is C15H18NO4+. The van der Waals surface area contributed by atoms with E-state index in [-0.39, 0.29) is 17.1 Å². The Morgan fingerprint density at radius 1 is 1.20 bits per heavy atom. The van der Waals surface area contributed by atoms with Crippen LogP contribution in [0.4, 0.5) is 0 Å². The van der Waals surface area contributed by atoms with Gasteiger partial charge in [-0.1, -0.05) is 0 Å². The lowest BCUT2D eigenvalue weighted by atomic mass is 10.0. The number of aryl methyl sites for hydroxylation is 1. The monoisotopic (exact) mass is 276 g/mol. The van der Waals surface area contributed by atoms with E-state index in [1.807, 2.05) is 20.2 Å². The Balaban J connectivity index is 2.35. The molecule has 3 N–H and O–H groups in total. The van der Waals surface area contributed by atoms with Gasteiger partial charge in [0.15, 0.2) is 11.3 Å². The Hall–Kier alpha value is -2.01. The normalized spacial score (nSPS) is 14.2. The van der Waals surface area contributed by atoms with Crippen molar-refractivity contribution in [2.24, 2.45) is 0 Å². The first-order valence-electron chi connectivity index (χ1n) is 6.80. The van der Waals surface area contributed by atoms with Gasteiger partial charge in [0.1, 0.15) is 6.54 Å². The Morgan fingerprint density at radius 3 is 2.60 bits per heavy atom. The van der Waals surface area contributed by atoms with E-state index in [1.54, 1.807) is 0 Å². The molecule has 0 unspecified atom stereocenters. The molecule has 5 heteroatoms. The Bertz CT molecular complexity index is 746. The molecule has 0 amide bonds. The molecule has 0 saturated carbocycles. The van der Waals surface area contributed by atoms with E-state index in [1.165, 1.54) is 0 Å². The first-order chi connectivity index (χ1) is 9.49. The van der Waals surface area contributed by atoms with E-state index in [0.717, 1.165) is 35.1 Å². The number of phenolic OH excluding ortho intramolecular Hbond substituents is 2. The van der Waals surface area contributed by atoms with Crippen LogP contribution in [0.5, 0.6) is 11.5 Å². The fourth-order valence-corrected chi connectivity index (χ4v) is 2.96. The highest BCUT2D eigenvalue weighted by Gasteiger charge is 2.24. The summed E-state index contributed by atoms with van der Waals surface area (Å²) >= 11 is 0. The van der Waals surface area contributed by atoms with Gasteiger partial charge in [-0.2, -0.15) is 0 Å². The number of fused-ring (bicyclic) bond motifs is 3. The van der Waals surface area contributed by atoms with Crippen molar-refractivity contribution in [3.8, 4) is 11.5 Å². The number of hydrogen-bond donors (Lipinski definition) is 3. The van der Waals surface area contributed by atoms with E-state index >= 15 is 0 Å². The second kappa shape index (κ2) is 4.52. The van der Waals surface area contributed by atoms with Crippen LogP contribution in [-0.4, -0.2) is 24.3 Å². The molecule has 1 aromatic carbocycles. The van der Waals surface area contributed by atoms with Gasteiger partial charge in [-0.25, -0.2) is 4.79 Å². The summed E-state index contributed by atoms with van der Waals surface area (Å²) in [5, 5.41) is 20.9. The van der Waals surface area contributed by atoms with Crippen molar-refractivity contribution in [2.75, 3.05) is 14.1 Å². The van der Waals surface area contributed by atoms with Crippen molar-refractivity contribution >= 4 is 11.0 Å². The van der Waals surface area contributed by atoms with E-state index in [0.29, 0.717) is 17.7 Å². The van der Waals surface area contributed by atoms with Crippen LogP contribution >= 0.6 is 0 Å². The highest BCUT2D eigenvalue weighted by molar-refractivity contribution is 5.89. The highest BCUT2D eigenvalue weighted by Crippen LogP contribution is 2.39. The molecule has 20 heavy (non-hydrogen) atoms. The molecule has 2 aromatic rings. The predicted octanol–water partition coefficient (Wildman–Crippen LogP) is 0.337. The van der Waals surface area contributed by atoms with E-state index < -0.39 is 5.63 Å². The molecule has 1 heterocycles. The summed E-state index contributed by atoms with van der Waals surface area (Å²) in [7, 11) is 3.94. The fraction of sp³-hybridized carbons (Fsp3) is 0.400. The van der Waals surface area contributed by atoms with Crippen LogP contribution in [0.2, 0.25) is 0 Å². The third-order valence-corrected chi connectivity index (χ3v) is 3.83. The zero-order valence-corrected chi connectivity index (χ0v) is 11.6. The minimum Gasteiger partial charge on any atom is -0.504 e. The summed E-state index contributed by atoms with van der Waals surface area (Å²) in [6, 6.07) is 1.84. The summed E-state index contributed by atoms with van der Waals surface area (Å²) < 4.78 is 5.20. The standard InChI is InChI=1S/C15H17NO4/c1-16(2)7-8-6-11-9-4-3-5-10(9)15(19)20-14(11)13(18)12(8)17/h6,17-18H,3-5,7H2,1-2H3/p+1. The smallest absolute Gasteiger partial charge is 0.339 e. The third kappa shape index (κ3) is 1.86. The van der Waals surface area contributed by atoms with E-state index in [4.69, 9.17) is 4.42 Å². The van der Waals surface area contributed by atoms with Crippen LogP contribution in [0.25, 0.3) is 11.0 Å². The number of phenols is 2. The van der Waals surface area contributed by atoms with Crippen LogP contribution < -0.4 is 10.5 Å². The quantitative estimate of drug-likeness (QED) is 0.546. The molecule has 1 aliphatic carbocycles. The third-order valence-electron chi connectivity index (χ3n) is 3.83. The number of nitrogens with one attached hydrogen (secondary N) is 1. The van der Waals surface area contributed by atoms with Crippen molar-refractivity contribution in [3.05, 3.63) is 33.2 Å². The highest BCUT2D eigenvalue weighted by atomic mass is 16.4. The number of benzene rings is 1. The largest absolute Gasteiger partial charge is 0.504 e. The molecule has 5 nitrogen and oxygen atoms in total. The maximum Gasteiger partial charge on any atom is 0.339 e. The fourth-order valence-electron chi connectivity index (χ4n) is 2.96. The topological polar surface area (TPSA) is 75.1 Å². The molecular weight excluding hydrogens is 258 g/mol. The molecule has 0 aliphatic heterocycles. The molecule has 0 bridgehead atoms. The predicted molar refractivity (Wildman–Crippen MR) is 74.4 cm³/mol. The first kappa shape index (κ1) is 13.0. The van der Waals surface area contributed by atoms with Gasteiger partial charge in [-0.05, 0) is 30.9 Å². The van der Waals surface area contributed by atoms with Crippen molar-refractivity contribution in [3.63, 3.8) is 0 Å². The summed E-state index contributed by atoms with van der Waals surface area (Å²) in [6.45, 7) is 0.587. The Morgan fingerprint density at radius 2 is 1.90 bits per heavy atom. The Labute approximate surface area is 116 Å². The molecule has 0 radical (unpaired) electrons. The second-order valence-corrected chi connectivity index (χ2v) is 5.69. The average molecular weight is 276 g/mol. The van der Waals surface area contributed by atoms with Crippen molar-refractivity contribution in [2.45, 2.75) is 25.8 Å². The maximum absolute atomic E-state index is 11.9. The van der Waals surface area contributed by atoms with Gasteiger partial charge >= 0.3 is 5.63 Å². The van der Waals surface area contributed by atoms with Crippen molar-refractivity contribution in [1.29, 1.82) is 0 Å². The van der Waals surface area contributed by atoms with Crippen LogP contribution in [-0.2, 0) is 19.4 Å². The van der Waals surface area contributed by atoms with Crippen molar-refractivity contribution in [1.82, 2.24) is 0 Å². The second-order valence-electron chi connectivity index (χ2n) is 5.69. The van der Waals surface area contributed by atoms with Gasteiger partial charge in [0.05, 0.1) is 19.7 Å². The zero-order chi connectivity index (χ0) is 14.4. The van der Waals surface area contributed by atoms with Gasteiger partial charge in [-0.3, -0.25) is 0 Å². The van der Waals surface area contributed by atoms with Crippen LogP contribution in [0.3, 0.4) is 0 Å². The SMILES string of the molecule is C[NH+](C)Cc1cc2c3c(c(=O)oc2c(O)c1O)CCC3. The van der Waals surface area contributed by atoms with Crippen LogP contribution in [0.1, 0.15) is 23.1 Å². The molecule has 0 saturated heterocycles. The molecule has 106 valence electrons. The molecule has 3 rings (SSSR count). The van der Waals surface area contributed by atoms with E-state index in [2.05, 4.69) is 0 Å². The van der Waals surface area contributed by atoms with Gasteiger partial charge in [0.2, 0.25) is 5.75 Å². The average Bonchev–Trinajstić information content (AvgIpc) is 2.87. The minimum absolute atomic E-state index is 0.102. The number of hydrogen-bond acceptors (Lipinski definition) is 4. The lowest BCUT2D eigenvalue weighted by Crippen LogP contribution is -3.04. The summed E-state index contributed by atoms with van der Waals surface area (Å²) in [5.41, 5.74) is 2.04. The summed E-state index contributed by atoms with van der Waals surface area (Å²) in [5.74, 6) is -0.523. The van der Waals surface area contributed by atoms with Crippen LogP contribution in [0, 0.1) is 0 Å². The maximum atomic E-state index is 11.9. The van der Waals surface area contributed by atoms with E-state index in [9.17, 15) is 15.0 Å². The lowest BCUT2D eigenvalue weighted by Gasteiger charge is -2.13. The summed E-state index contributed by atoms with van der Waals surface area (Å²) in [4.78, 5) is 13.0. The van der Waals surface area contributed by atoms with Crippen molar-refractivity contribution < 1.29 is 19.5 Å².